The maximum atomic E-state index is 12.9. The van der Waals surface area contributed by atoms with Gasteiger partial charge in [0.1, 0.15) is 23.0 Å². The summed E-state index contributed by atoms with van der Waals surface area (Å²) in [4.78, 5) is 23.8. The molecule has 8 heteroatoms. The molecule has 136 valence electrons. The molecule has 1 aliphatic heterocycles. The van der Waals surface area contributed by atoms with Crippen LogP contribution in [0.4, 0.5) is 0 Å². The Labute approximate surface area is 152 Å². The van der Waals surface area contributed by atoms with E-state index in [0.29, 0.717) is 19.6 Å². The molecule has 0 aromatic carbocycles. The van der Waals surface area contributed by atoms with Crippen molar-refractivity contribution in [1.82, 2.24) is 24.8 Å². The molecule has 0 saturated carbocycles. The predicted octanol–water partition coefficient (Wildman–Crippen LogP) is 1.69. The van der Waals surface area contributed by atoms with Crippen molar-refractivity contribution in [2.45, 2.75) is 32.4 Å². The minimum atomic E-state index is -0.0401. The van der Waals surface area contributed by atoms with Crippen LogP contribution >= 0.6 is 11.3 Å². The van der Waals surface area contributed by atoms with Crippen molar-refractivity contribution >= 4 is 17.2 Å². The van der Waals surface area contributed by atoms with Crippen molar-refractivity contribution in [2.24, 2.45) is 7.05 Å². The van der Waals surface area contributed by atoms with Crippen molar-refractivity contribution in [3.8, 4) is 0 Å². The lowest BCUT2D eigenvalue weighted by Gasteiger charge is -2.35. The average Bonchev–Trinajstić information content (AvgIpc) is 3.24. The second kappa shape index (κ2) is 8.07. The number of nitrogens with one attached hydrogen (secondary N) is 1. The molecule has 3 rings (SSSR count). The number of thiazole rings is 1. The zero-order chi connectivity index (χ0) is 17.8. The molecular weight excluding hydrogens is 338 g/mol. The van der Waals surface area contributed by atoms with E-state index in [4.69, 9.17) is 4.74 Å². The van der Waals surface area contributed by atoms with Gasteiger partial charge in [0, 0.05) is 51.1 Å². The molecule has 2 aromatic rings. The Morgan fingerprint density at radius 2 is 2.40 bits per heavy atom. The van der Waals surface area contributed by atoms with Crippen LogP contribution in [0.15, 0.2) is 17.8 Å². The van der Waals surface area contributed by atoms with Crippen LogP contribution in [0.2, 0.25) is 0 Å². The van der Waals surface area contributed by atoms with Crippen LogP contribution in [0.5, 0.6) is 0 Å². The zero-order valence-electron chi connectivity index (χ0n) is 14.9. The summed E-state index contributed by atoms with van der Waals surface area (Å²) in [6, 6.07) is -0.0401. The monoisotopic (exact) mass is 363 g/mol. The second-order valence-corrected chi connectivity index (χ2v) is 7.04. The topological polar surface area (TPSA) is 72.3 Å². The van der Waals surface area contributed by atoms with Crippen LogP contribution in [-0.2, 0) is 23.0 Å². The Morgan fingerprint density at radius 3 is 3.12 bits per heavy atom. The first-order valence-corrected chi connectivity index (χ1v) is 9.51. The maximum Gasteiger partial charge on any atom is 0.229 e. The van der Waals surface area contributed by atoms with Crippen molar-refractivity contribution < 1.29 is 9.53 Å². The van der Waals surface area contributed by atoms with Crippen molar-refractivity contribution in [2.75, 3.05) is 26.2 Å². The molecule has 2 unspecified atom stereocenters. The third kappa shape index (κ3) is 4.08. The molecule has 25 heavy (non-hydrogen) atoms. The number of hydrogen-bond donors (Lipinski definition) is 1. The zero-order valence-corrected chi connectivity index (χ0v) is 15.8. The number of ether oxygens (including phenoxy) is 1. The van der Waals surface area contributed by atoms with Gasteiger partial charge in [0.25, 0.3) is 0 Å². The highest BCUT2D eigenvalue weighted by Crippen LogP contribution is 2.24. The van der Waals surface area contributed by atoms with Gasteiger partial charge in [-0.1, -0.05) is 0 Å². The quantitative estimate of drug-likeness (QED) is 0.846. The Bertz CT molecular complexity index is 713. The van der Waals surface area contributed by atoms with E-state index in [2.05, 4.69) is 15.3 Å². The van der Waals surface area contributed by atoms with Crippen LogP contribution in [0.1, 0.15) is 42.5 Å². The van der Waals surface area contributed by atoms with Gasteiger partial charge in [-0.05, 0) is 13.8 Å². The largest absolute Gasteiger partial charge is 0.372 e. The molecule has 0 radical (unpaired) electrons. The number of aryl methyl sites for hydroxylation is 1. The molecule has 0 bridgehead atoms. The number of piperazine rings is 1. The molecule has 2 atom stereocenters. The summed E-state index contributed by atoms with van der Waals surface area (Å²) in [5, 5.41) is 6.24. The van der Waals surface area contributed by atoms with E-state index in [-0.39, 0.29) is 18.1 Å². The minimum Gasteiger partial charge on any atom is -0.372 e. The number of hydrogen-bond acceptors (Lipinski definition) is 6. The number of carbonyl (C=O) groups excluding carboxylic acids is 1. The molecule has 1 saturated heterocycles. The minimum absolute atomic E-state index is 0.0293. The van der Waals surface area contributed by atoms with E-state index in [1.165, 1.54) is 0 Å². The summed E-state index contributed by atoms with van der Waals surface area (Å²) in [7, 11) is 1.96. The van der Waals surface area contributed by atoms with Gasteiger partial charge >= 0.3 is 0 Å². The number of imidazole rings is 1. The van der Waals surface area contributed by atoms with Gasteiger partial charge in [0.05, 0.1) is 12.1 Å². The molecule has 1 N–H and O–H groups in total. The smallest absolute Gasteiger partial charge is 0.229 e. The lowest BCUT2D eigenvalue weighted by molar-refractivity contribution is -0.134. The Kier molecular flexibility index (Phi) is 5.82. The number of amides is 1. The van der Waals surface area contributed by atoms with Gasteiger partial charge in [-0.15, -0.1) is 11.3 Å². The summed E-state index contributed by atoms with van der Waals surface area (Å²) in [5.41, 5.74) is 0.814. The molecule has 0 aliphatic carbocycles. The summed E-state index contributed by atoms with van der Waals surface area (Å²) in [6.45, 7) is 6.82. The van der Waals surface area contributed by atoms with Gasteiger partial charge in [0.15, 0.2) is 0 Å². The molecule has 1 amide bonds. The first kappa shape index (κ1) is 18.0. The fourth-order valence-electron chi connectivity index (χ4n) is 3.10. The van der Waals surface area contributed by atoms with E-state index in [0.717, 1.165) is 29.6 Å². The van der Waals surface area contributed by atoms with Gasteiger partial charge < -0.3 is 19.5 Å². The predicted molar refractivity (Wildman–Crippen MR) is 96.4 cm³/mol. The van der Waals surface area contributed by atoms with Gasteiger partial charge in [-0.3, -0.25) is 4.79 Å². The highest BCUT2D eigenvalue weighted by Gasteiger charge is 2.30. The lowest BCUT2D eigenvalue weighted by Crippen LogP contribution is -2.49. The SMILES string of the molecule is CCOC(C)c1nc(CC(=O)N2CCNCC2c2nccn2C)cs1. The van der Waals surface area contributed by atoms with E-state index < -0.39 is 0 Å². The Balaban J connectivity index is 1.70. The van der Waals surface area contributed by atoms with Gasteiger partial charge in [-0.2, -0.15) is 0 Å². The van der Waals surface area contributed by atoms with Gasteiger partial charge in [-0.25, -0.2) is 9.97 Å². The van der Waals surface area contributed by atoms with E-state index in [9.17, 15) is 4.79 Å². The maximum absolute atomic E-state index is 12.9. The van der Waals surface area contributed by atoms with Crippen LogP contribution < -0.4 is 5.32 Å². The third-order valence-electron chi connectivity index (χ3n) is 4.39. The van der Waals surface area contributed by atoms with Crippen molar-refractivity contribution in [1.29, 1.82) is 0 Å². The van der Waals surface area contributed by atoms with Crippen LogP contribution in [0.25, 0.3) is 0 Å². The summed E-state index contributed by atoms with van der Waals surface area (Å²) in [6.07, 6.45) is 3.97. The van der Waals surface area contributed by atoms with E-state index >= 15 is 0 Å². The van der Waals surface area contributed by atoms with Crippen LogP contribution in [-0.4, -0.2) is 51.6 Å². The highest BCUT2D eigenvalue weighted by atomic mass is 32.1. The number of nitrogens with zero attached hydrogens (tertiary/aromatic N) is 4. The molecule has 7 nitrogen and oxygen atoms in total. The molecule has 0 spiro atoms. The normalized spacial score (nSPS) is 19.2. The number of rotatable bonds is 6. The number of carbonyl (C=O) groups is 1. The second-order valence-electron chi connectivity index (χ2n) is 6.15. The number of aromatic nitrogens is 3. The lowest BCUT2D eigenvalue weighted by atomic mass is 10.1. The van der Waals surface area contributed by atoms with Crippen molar-refractivity contribution in [3.63, 3.8) is 0 Å². The van der Waals surface area contributed by atoms with Crippen LogP contribution in [0.3, 0.4) is 0 Å². The first-order valence-electron chi connectivity index (χ1n) is 8.63. The molecule has 2 aromatic heterocycles. The standard InChI is InChI=1S/C17H25N5O2S/c1-4-24-12(2)17-20-13(11-25-17)9-15(23)22-8-5-18-10-14(22)16-19-6-7-21(16)3/h6-7,11-12,14,18H,4-5,8-10H2,1-3H3. The molecule has 1 aliphatic rings. The van der Waals surface area contributed by atoms with Crippen molar-refractivity contribution in [3.05, 3.63) is 34.3 Å². The molecule has 1 fully saturated rings. The van der Waals surface area contributed by atoms with E-state index in [1.54, 1.807) is 17.5 Å². The molecular formula is C17H25N5O2S. The molecule has 3 heterocycles. The Morgan fingerprint density at radius 1 is 1.56 bits per heavy atom. The highest BCUT2D eigenvalue weighted by molar-refractivity contribution is 7.09. The average molecular weight is 363 g/mol. The summed E-state index contributed by atoms with van der Waals surface area (Å²) in [5.74, 6) is 1.000. The van der Waals surface area contributed by atoms with Gasteiger partial charge in [0.2, 0.25) is 5.91 Å². The summed E-state index contributed by atoms with van der Waals surface area (Å²) >= 11 is 1.55. The fourth-order valence-corrected chi connectivity index (χ4v) is 3.92. The third-order valence-corrected chi connectivity index (χ3v) is 5.44. The summed E-state index contributed by atoms with van der Waals surface area (Å²) < 4.78 is 7.55. The van der Waals surface area contributed by atoms with Crippen LogP contribution in [0, 0.1) is 0 Å². The fraction of sp³-hybridized carbons (Fsp3) is 0.588. The Hall–Kier alpha value is -1.77. The first-order chi connectivity index (χ1) is 12.1. The van der Waals surface area contributed by atoms with E-state index in [1.807, 2.05) is 41.9 Å².